The molecule has 0 saturated carbocycles. The Morgan fingerprint density at radius 3 is 2.00 bits per heavy atom. The third-order valence-electron chi connectivity index (χ3n) is 4.73. The quantitative estimate of drug-likeness (QED) is 0.370. The Hall–Kier alpha value is 0.150. The van der Waals surface area contributed by atoms with Crippen LogP contribution < -0.4 is 0 Å². The highest BCUT2D eigenvalue weighted by atomic mass is 31.2. The molecule has 0 heterocycles. The summed E-state index contributed by atoms with van der Waals surface area (Å²) in [5.74, 6) is 0.448. The van der Waals surface area contributed by atoms with E-state index in [0.717, 1.165) is 44.9 Å². The fourth-order valence-electron chi connectivity index (χ4n) is 3.08. The zero-order valence-electron chi connectivity index (χ0n) is 13.9. The van der Waals surface area contributed by atoms with Crippen LogP contribution in [0.1, 0.15) is 91.9 Å². The molecule has 0 spiro atoms. The summed E-state index contributed by atoms with van der Waals surface area (Å²) in [5.41, 5.74) is 0. The maximum atomic E-state index is 12.1. The Morgan fingerprint density at radius 2 is 1.60 bits per heavy atom. The lowest BCUT2D eigenvalue weighted by Gasteiger charge is -2.36. The monoisotopic (exact) mass is 306 g/mol. The Labute approximate surface area is 125 Å². The van der Waals surface area contributed by atoms with E-state index in [2.05, 4.69) is 20.8 Å². The van der Waals surface area contributed by atoms with Gasteiger partial charge in [0, 0.05) is 0 Å². The van der Waals surface area contributed by atoms with Crippen LogP contribution in [0.5, 0.6) is 0 Å². The summed E-state index contributed by atoms with van der Waals surface area (Å²) in [7, 11) is -4.05. The Bertz CT molecular complexity index is 287. The third kappa shape index (κ3) is 6.28. The molecule has 2 atom stereocenters. The molecule has 4 heteroatoms. The van der Waals surface area contributed by atoms with E-state index in [1.165, 1.54) is 0 Å². The molecule has 2 N–H and O–H groups in total. The van der Waals surface area contributed by atoms with Gasteiger partial charge in [-0.05, 0) is 25.2 Å². The van der Waals surface area contributed by atoms with Crippen molar-refractivity contribution >= 4 is 7.60 Å². The van der Waals surface area contributed by atoms with Gasteiger partial charge in [-0.15, -0.1) is 0 Å². The number of hydrogen-bond acceptors (Lipinski definition) is 1. The van der Waals surface area contributed by atoms with Gasteiger partial charge in [0.1, 0.15) is 0 Å². The first kappa shape index (κ1) is 20.1. The van der Waals surface area contributed by atoms with Crippen LogP contribution in [0.2, 0.25) is 0 Å². The van der Waals surface area contributed by atoms with Gasteiger partial charge in [0.25, 0.3) is 0 Å². The molecule has 0 fully saturated rings. The molecule has 0 rings (SSSR count). The lowest BCUT2D eigenvalue weighted by molar-refractivity contribution is 0.260. The molecule has 0 aromatic rings. The standard InChI is InChI=1S/C16H35O3P/c1-5-9-11-13-16(8-4,20(17,18)19)14-15(7-3)12-10-6-2/h15H,5-14H2,1-4H3,(H2,17,18,19). The van der Waals surface area contributed by atoms with Crippen molar-refractivity contribution in [2.45, 2.75) is 97.1 Å². The second-order valence-corrected chi connectivity index (χ2v) is 8.24. The lowest BCUT2D eigenvalue weighted by Crippen LogP contribution is -2.31. The topological polar surface area (TPSA) is 57.5 Å². The molecule has 0 amide bonds. The highest BCUT2D eigenvalue weighted by molar-refractivity contribution is 7.53. The fourth-order valence-corrected chi connectivity index (χ4v) is 4.44. The van der Waals surface area contributed by atoms with Gasteiger partial charge in [-0.25, -0.2) is 0 Å². The molecule has 20 heavy (non-hydrogen) atoms. The molecule has 2 unspecified atom stereocenters. The largest absolute Gasteiger partial charge is 0.331 e. The zero-order chi connectivity index (χ0) is 15.6. The summed E-state index contributed by atoms with van der Waals surface area (Å²) >= 11 is 0. The van der Waals surface area contributed by atoms with E-state index in [1.54, 1.807) is 0 Å². The van der Waals surface area contributed by atoms with E-state index >= 15 is 0 Å². The van der Waals surface area contributed by atoms with Crippen molar-refractivity contribution in [3.05, 3.63) is 0 Å². The fraction of sp³-hybridized carbons (Fsp3) is 1.00. The SMILES string of the molecule is CCCCCC(CC)(CC(CC)CCCC)P(=O)(O)O. The van der Waals surface area contributed by atoms with Gasteiger partial charge in [0.2, 0.25) is 0 Å². The lowest BCUT2D eigenvalue weighted by atomic mass is 9.84. The highest BCUT2D eigenvalue weighted by Gasteiger charge is 2.45. The van der Waals surface area contributed by atoms with E-state index in [9.17, 15) is 14.4 Å². The van der Waals surface area contributed by atoms with Crippen molar-refractivity contribution < 1.29 is 14.4 Å². The predicted octanol–water partition coefficient (Wildman–Crippen LogP) is 5.50. The molecular weight excluding hydrogens is 271 g/mol. The number of rotatable bonds is 12. The molecule has 0 aliphatic rings. The minimum absolute atomic E-state index is 0.448. The molecule has 0 bridgehead atoms. The first-order valence-electron chi connectivity index (χ1n) is 8.42. The van der Waals surface area contributed by atoms with Crippen molar-refractivity contribution in [3.63, 3.8) is 0 Å². The molecular formula is C16H35O3P. The molecule has 3 nitrogen and oxygen atoms in total. The van der Waals surface area contributed by atoms with Gasteiger partial charge in [-0.3, -0.25) is 4.57 Å². The average molecular weight is 306 g/mol. The van der Waals surface area contributed by atoms with E-state index in [-0.39, 0.29) is 0 Å². The summed E-state index contributed by atoms with van der Waals surface area (Å²) in [5, 5.41) is -0.781. The van der Waals surface area contributed by atoms with Gasteiger partial charge < -0.3 is 9.79 Å². The molecule has 0 aromatic heterocycles. The smallest absolute Gasteiger partial charge is 0.324 e. The summed E-state index contributed by atoms with van der Waals surface area (Å²) in [6, 6.07) is 0. The van der Waals surface area contributed by atoms with Crippen molar-refractivity contribution in [1.29, 1.82) is 0 Å². The average Bonchev–Trinajstić information content (AvgIpc) is 2.40. The number of unbranched alkanes of at least 4 members (excludes halogenated alkanes) is 3. The number of hydrogen-bond donors (Lipinski definition) is 2. The third-order valence-corrected chi connectivity index (χ3v) is 6.69. The normalized spacial score (nSPS) is 16.9. The van der Waals surface area contributed by atoms with E-state index in [4.69, 9.17) is 0 Å². The van der Waals surface area contributed by atoms with Crippen LogP contribution in [0, 0.1) is 5.92 Å². The van der Waals surface area contributed by atoms with Crippen molar-refractivity contribution in [1.82, 2.24) is 0 Å². The van der Waals surface area contributed by atoms with Crippen LogP contribution in [0.4, 0.5) is 0 Å². The van der Waals surface area contributed by atoms with Crippen molar-refractivity contribution in [3.8, 4) is 0 Å². The molecule has 0 saturated heterocycles. The molecule has 0 aliphatic carbocycles. The first-order chi connectivity index (χ1) is 9.36. The second-order valence-electron chi connectivity index (χ2n) is 6.20. The minimum Gasteiger partial charge on any atom is -0.324 e. The van der Waals surface area contributed by atoms with Crippen LogP contribution in [-0.2, 0) is 4.57 Å². The van der Waals surface area contributed by atoms with Gasteiger partial charge in [0.15, 0.2) is 0 Å². The Morgan fingerprint density at radius 1 is 1.00 bits per heavy atom. The van der Waals surface area contributed by atoms with Crippen LogP contribution in [0.15, 0.2) is 0 Å². The van der Waals surface area contributed by atoms with Crippen LogP contribution >= 0.6 is 7.60 Å². The summed E-state index contributed by atoms with van der Waals surface area (Å²) < 4.78 is 12.1. The van der Waals surface area contributed by atoms with E-state index < -0.39 is 12.8 Å². The molecule has 122 valence electrons. The van der Waals surface area contributed by atoms with Gasteiger partial charge in [0.05, 0.1) is 5.16 Å². The van der Waals surface area contributed by atoms with Crippen LogP contribution in [0.3, 0.4) is 0 Å². The summed E-state index contributed by atoms with van der Waals surface area (Å²) in [6.07, 6.45) is 9.47. The molecule has 0 aliphatic heterocycles. The van der Waals surface area contributed by atoms with Gasteiger partial charge >= 0.3 is 7.60 Å². The maximum Gasteiger partial charge on any atom is 0.331 e. The van der Waals surface area contributed by atoms with E-state index in [0.29, 0.717) is 25.2 Å². The van der Waals surface area contributed by atoms with Gasteiger partial charge in [-0.2, -0.15) is 0 Å². The highest BCUT2D eigenvalue weighted by Crippen LogP contribution is 2.58. The van der Waals surface area contributed by atoms with E-state index in [1.807, 2.05) is 6.92 Å². The summed E-state index contributed by atoms with van der Waals surface area (Å²) in [4.78, 5) is 19.8. The Balaban J connectivity index is 4.93. The van der Waals surface area contributed by atoms with Crippen LogP contribution in [0.25, 0.3) is 0 Å². The predicted molar refractivity (Wildman–Crippen MR) is 87.1 cm³/mol. The first-order valence-corrected chi connectivity index (χ1v) is 10.0. The van der Waals surface area contributed by atoms with Crippen molar-refractivity contribution in [2.24, 2.45) is 5.92 Å². The maximum absolute atomic E-state index is 12.1. The minimum atomic E-state index is -4.05. The molecule has 0 aromatic carbocycles. The zero-order valence-corrected chi connectivity index (χ0v) is 14.8. The van der Waals surface area contributed by atoms with Crippen LogP contribution in [-0.4, -0.2) is 14.9 Å². The molecule has 0 radical (unpaired) electrons. The Kier molecular flexibility index (Phi) is 10.0. The van der Waals surface area contributed by atoms with Gasteiger partial charge in [-0.1, -0.05) is 72.6 Å². The second kappa shape index (κ2) is 9.97. The van der Waals surface area contributed by atoms with Crippen molar-refractivity contribution in [2.75, 3.05) is 0 Å². The summed E-state index contributed by atoms with van der Waals surface area (Å²) in [6.45, 7) is 8.38.